The Morgan fingerprint density at radius 1 is 1.10 bits per heavy atom. The maximum Gasteiger partial charge on any atom is 0.416 e. The van der Waals surface area contributed by atoms with Crippen LogP contribution < -0.4 is 10.1 Å². The molecule has 0 saturated heterocycles. The Labute approximate surface area is 118 Å². The van der Waals surface area contributed by atoms with Crippen molar-refractivity contribution in [2.24, 2.45) is 0 Å². The molecule has 0 radical (unpaired) electrons. The SMILES string of the molecule is CCCNCC(C)(CC)Oc1ccc(C(F)(F)F)cc1. The predicted molar refractivity (Wildman–Crippen MR) is 73.9 cm³/mol. The van der Waals surface area contributed by atoms with Gasteiger partial charge in [-0.25, -0.2) is 0 Å². The van der Waals surface area contributed by atoms with Crippen LogP contribution in [0.1, 0.15) is 39.2 Å². The first-order valence-corrected chi connectivity index (χ1v) is 6.87. The van der Waals surface area contributed by atoms with Crippen LogP contribution in [0.4, 0.5) is 13.2 Å². The fourth-order valence-corrected chi connectivity index (χ4v) is 1.76. The van der Waals surface area contributed by atoms with Crippen LogP contribution in [0.2, 0.25) is 0 Å². The van der Waals surface area contributed by atoms with Gasteiger partial charge in [-0.1, -0.05) is 13.8 Å². The first-order chi connectivity index (χ1) is 9.30. The zero-order valence-corrected chi connectivity index (χ0v) is 12.2. The number of ether oxygens (including phenoxy) is 1. The van der Waals surface area contributed by atoms with Crippen molar-refractivity contribution < 1.29 is 17.9 Å². The van der Waals surface area contributed by atoms with Crippen LogP contribution in [0.15, 0.2) is 24.3 Å². The number of nitrogens with one attached hydrogen (secondary N) is 1. The largest absolute Gasteiger partial charge is 0.486 e. The quantitative estimate of drug-likeness (QED) is 0.758. The van der Waals surface area contributed by atoms with E-state index in [1.54, 1.807) is 0 Å². The second-order valence-corrected chi connectivity index (χ2v) is 5.10. The van der Waals surface area contributed by atoms with Crippen molar-refractivity contribution in [3.63, 3.8) is 0 Å². The molecule has 114 valence electrons. The van der Waals surface area contributed by atoms with Gasteiger partial charge in [-0.2, -0.15) is 13.2 Å². The molecule has 5 heteroatoms. The molecule has 0 saturated carbocycles. The molecule has 1 unspecified atom stereocenters. The number of hydrogen-bond acceptors (Lipinski definition) is 2. The van der Waals surface area contributed by atoms with Crippen molar-refractivity contribution >= 4 is 0 Å². The highest BCUT2D eigenvalue weighted by Gasteiger charge is 2.30. The third kappa shape index (κ3) is 5.04. The van der Waals surface area contributed by atoms with E-state index < -0.39 is 17.3 Å². The van der Waals surface area contributed by atoms with E-state index in [0.29, 0.717) is 12.3 Å². The molecule has 1 N–H and O–H groups in total. The van der Waals surface area contributed by atoms with E-state index in [9.17, 15) is 13.2 Å². The van der Waals surface area contributed by atoms with Crippen LogP contribution in [0.3, 0.4) is 0 Å². The Morgan fingerprint density at radius 3 is 2.15 bits per heavy atom. The zero-order chi connectivity index (χ0) is 15.2. The maximum atomic E-state index is 12.5. The molecule has 0 heterocycles. The average molecular weight is 289 g/mol. The van der Waals surface area contributed by atoms with Crippen molar-refractivity contribution in [3.05, 3.63) is 29.8 Å². The second-order valence-electron chi connectivity index (χ2n) is 5.10. The van der Waals surface area contributed by atoms with E-state index in [2.05, 4.69) is 12.2 Å². The highest BCUT2D eigenvalue weighted by molar-refractivity contribution is 5.29. The summed E-state index contributed by atoms with van der Waals surface area (Å²) in [4.78, 5) is 0. The standard InChI is InChI=1S/C15H22F3NO/c1-4-10-19-11-14(3,5-2)20-13-8-6-12(7-9-13)15(16,17)18/h6-9,19H,4-5,10-11H2,1-3H3. The first kappa shape index (κ1) is 16.8. The minimum absolute atomic E-state index is 0.422. The molecule has 2 nitrogen and oxygen atoms in total. The average Bonchev–Trinajstić information content (AvgIpc) is 2.38. The fraction of sp³-hybridized carbons (Fsp3) is 0.600. The van der Waals surface area contributed by atoms with E-state index >= 15 is 0 Å². The Balaban J connectivity index is 2.70. The van der Waals surface area contributed by atoms with Gasteiger partial charge in [-0.05, 0) is 50.6 Å². The number of rotatable bonds is 7. The van der Waals surface area contributed by atoms with Crippen molar-refractivity contribution in [2.75, 3.05) is 13.1 Å². The molecule has 0 bridgehead atoms. The molecule has 0 amide bonds. The lowest BCUT2D eigenvalue weighted by atomic mass is 10.0. The van der Waals surface area contributed by atoms with Crippen molar-refractivity contribution in [1.82, 2.24) is 5.32 Å². The van der Waals surface area contributed by atoms with E-state index in [4.69, 9.17) is 4.74 Å². The lowest BCUT2D eigenvalue weighted by Gasteiger charge is -2.30. The Bertz CT molecular complexity index is 403. The van der Waals surface area contributed by atoms with Gasteiger partial charge in [0.1, 0.15) is 11.4 Å². The molecule has 0 aliphatic carbocycles. The molecular weight excluding hydrogens is 267 g/mol. The molecule has 1 aromatic rings. The summed E-state index contributed by atoms with van der Waals surface area (Å²) in [5.74, 6) is 0.459. The minimum atomic E-state index is -4.31. The first-order valence-electron chi connectivity index (χ1n) is 6.87. The normalized spacial score (nSPS) is 14.9. The summed E-state index contributed by atoms with van der Waals surface area (Å²) < 4.78 is 43.3. The summed E-state index contributed by atoms with van der Waals surface area (Å²) in [5.41, 5.74) is -1.08. The lowest BCUT2D eigenvalue weighted by Crippen LogP contribution is -2.42. The highest BCUT2D eigenvalue weighted by Crippen LogP contribution is 2.31. The summed E-state index contributed by atoms with van der Waals surface area (Å²) in [7, 11) is 0. The smallest absolute Gasteiger partial charge is 0.416 e. The Morgan fingerprint density at radius 2 is 1.70 bits per heavy atom. The molecule has 1 aromatic carbocycles. The van der Waals surface area contributed by atoms with Gasteiger partial charge in [0.2, 0.25) is 0 Å². The number of alkyl halides is 3. The van der Waals surface area contributed by atoms with Crippen molar-refractivity contribution in [1.29, 1.82) is 0 Å². The van der Waals surface area contributed by atoms with Gasteiger partial charge in [0.25, 0.3) is 0 Å². The van der Waals surface area contributed by atoms with Crippen LogP contribution in [-0.2, 0) is 6.18 Å². The van der Waals surface area contributed by atoms with E-state index in [1.165, 1.54) is 12.1 Å². The van der Waals surface area contributed by atoms with Gasteiger partial charge in [0, 0.05) is 6.54 Å². The highest BCUT2D eigenvalue weighted by atomic mass is 19.4. The molecule has 1 atom stereocenters. The third-order valence-electron chi connectivity index (χ3n) is 3.22. The van der Waals surface area contributed by atoms with E-state index in [0.717, 1.165) is 31.5 Å². The summed E-state index contributed by atoms with van der Waals surface area (Å²) in [6.07, 6.45) is -2.51. The van der Waals surface area contributed by atoms with Crippen LogP contribution in [-0.4, -0.2) is 18.7 Å². The van der Waals surface area contributed by atoms with Gasteiger partial charge < -0.3 is 10.1 Å². The topological polar surface area (TPSA) is 21.3 Å². The molecule has 20 heavy (non-hydrogen) atoms. The van der Waals surface area contributed by atoms with E-state index in [-0.39, 0.29) is 0 Å². The van der Waals surface area contributed by atoms with Crippen LogP contribution in [0.5, 0.6) is 5.75 Å². The summed E-state index contributed by atoms with van der Waals surface area (Å²) >= 11 is 0. The van der Waals surface area contributed by atoms with Crippen molar-refractivity contribution in [2.45, 2.75) is 45.4 Å². The van der Waals surface area contributed by atoms with Gasteiger partial charge in [-0.15, -0.1) is 0 Å². The predicted octanol–water partition coefficient (Wildman–Crippen LogP) is 4.25. The number of benzene rings is 1. The number of halogens is 3. The van der Waals surface area contributed by atoms with Gasteiger partial charge in [0.15, 0.2) is 0 Å². The molecule has 0 aliphatic heterocycles. The summed E-state index contributed by atoms with van der Waals surface area (Å²) in [6.45, 7) is 7.59. The molecule has 0 fully saturated rings. The van der Waals surface area contributed by atoms with Gasteiger partial charge >= 0.3 is 6.18 Å². The Hall–Kier alpha value is -1.23. The third-order valence-corrected chi connectivity index (χ3v) is 3.22. The molecular formula is C15H22F3NO. The maximum absolute atomic E-state index is 12.5. The summed E-state index contributed by atoms with van der Waals surface area (Å²) in [6, 6.07) is 4.84. The monoisotopic (exact) mass is 289 g/mol. The van der Waals surface area contributed by atoms with Gasteiger partial charge in [-0.3, -0.25) is 0 Å². The molecule has 1 rings (SSSR count). The molecule has 0 aromatic heterocycles. The molecule has 0 aliphatic rings. The second kappa shape index (κ2) is 6.97. The van der Waals surface area contributed by atoms with Crippen molar-refractivity contribution in [3.8, 4) is 5.75 Å². The summed E-state index contributed by atoms with van der Waals surface area (Å²) in [5, 5.41) is 3.28. The Kier molecular flexibility index (Phi) is 5.87. The van der Waals surface area contributed by atoms with Gasteiger partial charge in [0.05, 0.1) is 5.56 Å². The fourth-order valence-electron chi connectivity index (χ4n) is 1.76. The van der Waals surface area contributed by atoms with Crippen LogP contribution in [0.25, 0.3) is 0 Å². The zero-order valence-electron chi connectivity index (χ0n) is 12.2. The van der Waals surface area contributed by atoms with E-state index in [1.807, 2.05) is 13.8 Å². The lowest BCUT2D eigenvalue weighted by molar-refractivity contribution is -0.137. The molecule has 0 spiro atoms. The number of hydrogen-bond donors (Lipinski definition) is 1. The van der Waals surface area contributed by atoms with Crippen LogP contribution in [0, 0.1) is 0 Å². The minimum Gasteiger partial charge on any atom is -0.486 e. The van der Waals surface area contributed by atoms with Crippen LogP contribution >= 0.6 is 0 Å².